The van der Waals surface area contributed by atoms with E-state index < -0.39 is 0 Å². The van der Waals surface area contributed by atoms with Gasteiger partial charge in [0.25, 0.3) is 5.91 Å². The van der Waals surface area contributed by atoms with Crippen LogP contribution in [0.1, 0.15) is 10.5 Å². The molecule has 24 heavy (non-hydrogen) atoms. The van der Waals surface area contributed by atoms with Crippen molar-refractivity contribution in [3.8, 4) is 0 Å². The number of nitrogens with zero attached hydrogens (tertiary/aromatic N) is 2. The number of rotatable bonds is 4. The lowest BCUT2D eigenvalue weighted by Gasteiger charge is -2.19. The van der Waals surface area contributed by atoms with Gasteiger partial charge in [0.15, 0.2) is 0 Å². The first-order chi connectivity index (χ1) is 11.6. The molecule has 0 saturated heterocycles. The van der Waals surface area contributed by atoms with Gasteiger partial charge >= 0.3 is 0 Å². The molecule has 0 spiro atoms. The van der Waals surface area contributed by atoms with Crippen LogP contribution in [0.3, 0.4) is 0 Å². The van der Waals surface area contributed by atoms with E-state index in [-0.39, 0.29) is 11.7 Å². The first-order valence-corrected chi connectivity index (χ1v) is 7.45. The molecule has 0 atom stereocenters. The first-order valence-electron chi connectivity index (χ1n) is 7.45. The molecular weight excluding hydrogens is 305 g/mol. The number of nitrogens with one attached hydrogen (secondary N) is 1. The Morgan fingerprint density at radius 1 is 1.00 bits per heavy atom. The molecule has 120 valence electrons. The summed E-state index contributed by atoms with van der Waals surface area (Å²) in [6, 6.07) is 19.0. The molecule has 2 aromatic carbocycles. The molecule has 0 unspecified atom stereocenters. The van der Waals surface area contributed by atoms with Gasteiger partial charge in [-0.15, -0.1) is 0 Å². The second-order valence-electron chi connectivity index (χ2n) is 5.25. The Morgan fingerprint density at radius 3 is 2.42 bits per heavy atom. The number of para-hydroxylation sites is 1. The highest BCUT2D eigenvalue weighted by molar-refractivity contribution is 6.03. The zero-order chi connectivity index (χ0) is 16.9. The Balaban J connectivity index is 1.79. The quantitative estimate of drug-likeness (QED) is 0.782. The van der Waals surface area contributed by atoms with Crippen molar-refractivity contribution in [2.75, 3.05) is 17.3 Å². The van der Waals surface area contributed by atoms with Gasteiger partial charge in [-0.1, -0.05) is 18.2 Å². The van der Waals surface area contributed by atoms with Crippen molar-refractivity contribution in [2.24, 2.45) is 0 Å². The van der Waals surface area contributed by atoms with Gasteiger partial charge in [-0.25, -0.2) is 4.39 Å². The van der Waals surface area contributed by atoms with Crippen molar-refractivity contribution in [3.05, 3.63) is 84.4 Å². The van der Waals surface area contributed by atoms with E-state index in [4.69, 9.17) is 0 Å². The number of benzene rings is 2. The highest BCUT2D eigenvalue weighted by Crippen LogP contribution is 2.23. The Kier molecular flexibility index (Phi) is 4.52. The van der Waals surface area contributed by atoms with Gasteiger partial charge in [0.05, 0.1) is 0 Å². The summed E-state index contributed by atoms with van der Waals surface area (Å²) in [6.45, 7) is 0. The smallest absolute Gasteiger partial charge is 0.274 e. The maximum atomic E-state index is 12.9. The minimum atomic E-state index is -0.349. The third-order valence-electron chi connectivity index (χ3n) is 3.61. The predicted molar refractivity (Wildman–Crippen MR) is 93.1 cm³/mol. The van der Waals surface area contributed by atoms with E-state index >= 15 is 0 Å². The van der Waals surface area contributed by atoms with Crippen molar-refractivity contribution in [3.63, 3.8) is 0 Å². The number of halogens is 1. The van der Waals surface area contributed by atoms with Crippen LogP contribution in [0.5, 0.6) is 0 Å². The summed E-state index contributed by atoms with van der Waals surface area (Å²) < 4.78 is 12.9. The van der Waals surface area contributed by atoms with Gasteiger partial charge in [-0.05, 0) is 48.5 Å². The normalized spacial score (nSPS) is 10.2. The van der Waals surface area contributed by atoms with Crippen molar-refractivity contribution in [1.29, 1.82) is 0 Å². The molecule has 0 aliphatic heterocycles. The van der Waals surface area contributed by atoms with Crippen LogP contribution < -0.4 is 10.2 Å². The molecule has 0 saturated carbocycles. The van der Waals surface area contributed by atoms with Crippen LogP contribution >= 0.6 is 0 Å². The first kappa shape index (κ1) is 15.7. The Bertz CT molecular complexity index is 835. The van der Waals surface area contributed by atoms with Gasteiger partial charge < -0.3 is 10.2 Å². The molecule has 0 aliphatic rings. The topological polar surface area (TPSA) is 45.2 Å². The van der Waals surface area contributed by atoms with Crippen LogP contribution in [0, 0.1) is 5.82 Å². The third kappa shape index (κ3) is 3.57. The Labute approximate surface area is 139 Å². The molecule has 0 bridgehead atoms. The molecule has 4 nitrogen and oxygen atoms in total. The van der Waals surface area contributed by atoms with Crippen LogP contribution in [-0.2, 0) is 0 Å². The molecule has 3 aromatic rings. The van der Waals surface area contributed by atoms with E-state index in [9.17, 15) is 9.18 Å². The van der Waals surface area contributed by atoms with Gasteiger partial charge in [-0.2, -0.15) is 0 Å². The van der Waals surface area contributed by atoms with Gasteiger partial charge in [-0.3, -0.25) is 9.78 Å². The van der Waals surface area contributed by atoms with E-state index in [2.05, 4.69) is 10.3 Å². The monoisotopic (exact) mass is 321 g/mol. The van der Waals surface area contributed by atoms with Crippen LogP contribution in [0.15, 0.2) is 72.9 Å². The van der Waals surface area contributed by atoms with E-state index in [0.717, 1.165) is 11.4 Å². The number of hydrogen-bond acceptors (Lipinski definition) is 3. The molecule has 1 aromatic heterocycles. The van der Waals surface area contributed by atoms with E-state index in [1.165, 1.54) is 24.3 Å². The lowest BCUT2D eigenvalue weighted by Crippen LogP contribution is -2.15. The Hall–Kier alpha value is -3.21. The van der Waals surface area contributed by atoms with Crippen LogP contribution in [0.25, 0.3) is 0 Å². The molecular formula is C19H16FN3O. The molecule has 1 N–H and O–H groups in total. The predicted octanol–water partition coefficient (Wildman–Crippen LogP) is 4.24. The molecule has 5 heteroatoms. The Morgan fingerprint density at radius 2 is 1.71 bits per heavy atom. The number of anilines is 3. The summed E-state index contributed by atoms with van der Waals surface area (Å²) >= 11 is 0. The van der Waals surface area contributed by atoms with Crippen LogP contribution in [-0.4, -0.2) is 17.9 Å². The molecule has 3 rings (SSSR count). The summed E-state index contributed by atoms with van der Waals surface area (Å²) in [5.74, 6) is -0.692. The van der Waals surface area contributed by atoms with Gasteiger partial charge in [0, 0.05) is 30.3 Å². The zero-order valence-electron chi connectivity index (χ0n) is 13.1. The average Bonchev–Trinajstić information content (AvgIpc) is 2.64. The molecule has 0 fully saturated rings. The number of carbonyl (C=O) groups is 1. The van der Waals surface area contributed by atoms with Gasteiger partial charge in [0.1, 0.15) is 11.5 Å². The largest absolute Gasteiger partial charge is 0.345 e. The molecule has 0 aliphatic carbocycles. The third-order valence-corrected chi connectivity index (χ3v) is 3.61. The van der Waals surface area contributed by atoms with E-state index in [1.54, 1.807) is 12.3 Å². The summed E-state index contributed by atoms with van der Waals surface area (Å²) in [5.41, 5.74) is 2.67. The van der Waals surface area contributed by atoms with Crippen LogP contribution in [0.2, 0.25) is 0 Å². The number of aromatic nitrogens is 1. The SMILES string of the molecule is CN(c1ccccc1)c1ccnc(C(=O)Nc2ccc(F)cc2)c1. The summed E-state index contributed by atoms with van der Waals surface area (Å²) in [6.07, 6.45) is 1.59. The fourth-order valence-electron chi connectivity index (χ4n) is 2.28. The maximum absolute atomic E-state index is 12.9. The van der Waals surface area contributed by atoms with Crippen LogP contribution in [0.4, 0.5) is 21.5 Å². The van der Waals surface area contributed by atoms with Crippen molar-refractivity contribution in [1.82, 2.24) is 4.98 Å². The van der Waals surface area contributed by atoms with Crippen molar-refractivity contribution >= 4 is 23.0 Å². The lowest BCUT2D eigenvalue weighted by molar-refractivity contribution is 0.102. The summed E-state index contributed by atoms with van der Waals surface area (Å²) in [7, 11) is 1.92. The number of carbonyl (C=O) groups excluding carboxylic acids is 1. The van der Waals surface area contributed by atoms with E-state index in [1.807, 2.05) is 48.3 Å². The minimum absolute atomic E-state index is 0.291. The number of hydrogen-bond donors (Lipinski definition) is 1. The van der Waals surface area contributed by atoms with Gasteiger partial charge in [0.2, 0.25) is 0 Å². The molecule has 0 radical (unpaired) electrons. The highest BCUT2D eigenvalue weighted by Gasteiger charge is 2.11. The van der Waals surface area contributed by atoms with Crippen molar-refractivity contribution < 1.29 is 9.18 Å². The summed E-state index contributed by atoms with van der Waals surface area (Å²) in [4.78, 5) is 18.4. The number of pyridine rings is 1. The second-order valence-corrected chi connectivity index (χ2v) is 5.25. The highest BCUT2D eigenvalue weighted by atomic mass is 19.1. The van der Waals surface area contributed by atoms with Crippen molar-refractivity contribution in [2.45, 2.75) is 0 Å². The zero-order valence-corrected chi connectivity index (χ0v) is 13.1. The maximum Gasteiger partial charge on any atom is 0.274 e. The molecule has 1 heterocycles. The fourth-order valence-corrected chi connectivity index (χ4v) is 2.28. The fraction of sp³-hybridized carbons (Fsp3) is 0.0526. The summed E-state index contributed by atoms with van der Waals surface area (Å²) in [5, 5.41) is 2.70. The lowest BCUT2D eigenvalue weighted by atomic mass is 10.2. The van der Waals surface area contributed by atoms with E-state index in [0.29, 0.717) is 11.4 Å². The average molecular weight is 321 g/mol. The molecule has 1 amide bonds. The number of amides is 1. The standard InChI is InChI=1S/C19H16FN3O/c1-23(16-5-3-2-4-6-16)17-11-12-21-18(13-17)19(24)22-15-9-7-14(20)8-10-15/h2-13H,1H3,(H,22,24). The minimum Gasteiger partial charge on any atom is -0.345 e. The second kappa shape index (κ2) is 6.91.